The number of rotatable bonds is 2. The van der Waals surface area contributed by atoms with E-state index in [0.29, 0.717) is 5.69 Å². The van der Waals surface area contributed by atoms with Gasteiger partial charge < -0.3 is 15.3 Å². The van der Waals surface area contributed by atoms with Crippen LogP contribution in [0.15, 0.2) is 41.2 Å². The third-order valence-corrected chi connectivity index (χ3v) is 2.87. The standard InChI is InChI=1S/C14H12N4O2/c1-8-15-10-6-5-9(7-12(10)16-8)17-14(20)11-3-2-4-13(19)18-11/h2-7H,1H3,(H,15,16)(H,17,20)(H,18,19). The molecule has 0 bridgehead atoms. The SMILES string of the molecule is Cc1nc2ccc(NC(=O)c3cccc(=O)[nH]3)cc2[nH]1. The molecule has 6 heteroatoms. The van der Waals surface area contributed by atoms with Gasteiger partial charge in [-0.25, -0.2) is 4.98 Å². The van der Waals surface area contributed by atoms with E-state index in [1.54, 1.807) is 18.2 Å². The molecule has 100 valence electrons. The highest BCUT2D eigenvalue weighted by atomic mass is 16.2. The molecule has 1 amide bonds. The monoisotopic (exact) mass is 268 g/mol. The Morgan fingerprint density at radius 2 is 2.05 bits per heavy atom. The number of carbonyl (C=O) groups excluding carboxylic acids is 1. The molecule has 0 radical (unpaired) electrons. The smallest absolute Gasteiger partial charge is 0.272 e. The minimum Gasteiger partial charge on any atom is -0.342 e. The van der Waals surface area contributed by atoms with E-state index in [1.165, 1.54) is 12.1 Å². The molecule has 2 heterocycles. The maximum atomic E-state index is 12.0. The van der Waals surface area contributed by atoms with Crippen LogP contribution in [0, 0.1) is 6.92 Å². The molecule has 0 unspecified atom stereocenters. The van der Waals surface area contributed by atoms with E-state index in [-0.39, 0.29) is 17.2 Å². The van der Waals surface area contributed by atoms with E-state index in [9.17, 15) is 9.59 Å². The summed E-state index contributed by atoms with van der Waals surface area (Å²) in [7, 11) is 0. The first-order valence-electron chi connectivity index (χ1n) is 6.09. The Morgan fingerprint density at radius 1 is 1.20 bits per heavy atom. The molecule has 0 aliphatic rings. The average molecular weight is 268 g/mol. The summed E-state index contributed by atoms with van der Waals surface area (Å²) < 4.78 is 0. The van der Waals surface area contributed by atoms with Crippen LogP contribution in [-0.2, 0) is 0 Å². The first-order valence-corrected chi connectivity index (χ1v) is 6.09. The van der Waals surface area contributed by atoms with Gasteiger partial charge in [0.25, 0.3) is 5.91 Å². The Hall–Kier alpha value is -2.89. The largest absolute Gasteiger partial charge is 0.342 e. The van der Waals surface area contributed by atoms with Crippen molar-refractivity contribution in [2.24, 2.45) is 0 Å². The number of hydrogen-bond acceptors (Lipinski definition) is 3. The lowest BCUT2D eigenvalue weighted by molar-refractivity contribution is 0.102. The van der Waals surface area contributed by atoms with Gasteiger partial charge in [-0.3, -0.25) is 9.59 Å². The Labute approximate surface area is 113 Å². The third-order valence-electron chi connectivity index (χ3n) is 2.87. The van der Waals surface area contributed by atoms with Crippen molar-refractivity contribution in [3.05, 3.63) is 58.3 Å². The fourth-order valence-corrected chi connectivity index (χ4v) is 1.99. The van der Waals surface area contributed by atoms with Crippen LogP contribution in [0.2, 0.25) is 0 Å². The molecule has 6 nitrogen and oxygen atoms in total. The second-order valence-corrected chi connectivity index (χ2v) is 4.44. The molecule has 3 aromatic rings. The summed E-state index contributed by atoms with van der Waals surface area (Å²) in [5, 5.41) is 2.73. The van der Waals surface area contributed by atoms with Gasteiger partial charge >= 0.3 is 0 Å². The normalized spacial score (nSPS) is 10.7. The summed E-state index contributed by atoms with van der Waals surface area (Å²) in [6.45, 7) is 1.87. The first kappa shape index (κ1) is 12.2. The topological polar surface area (TPSA) is 90.6 Å². The number of H-pyrrole nitrogens is 2. The number of anilines is 1. The van der Waals surface area contributed by atoms with E-state index < -0.39 is 0 Å². The molecular formula is C14H12N4O2. The highest BCUT2D eigenvalue weighted by molar-refractivity contribution is 6.03. The fourth-order valence-electron chi connectivity index (χ4n) is 1.99. The molecule has 3 rings (SSSR count). The minimum atomic E-state index is -0.363. The van der Waals surface area contributed by atoms with Crippen molar-refractivity contribution in [2.45, 2.75) is 6.92 Å². The maximum absolute atomic E-state index is 12.0. The predicted molar refractivity (Wildman–Crippen MR) is 75.8 cm³/mol. The number of fused-ring (bicyclic) bond motifs is 1. The summed E-state index contributed by atoms with van der Waals surface area (Å²) >= 11 is 0. The summed E-state index contributed by atoms with van der Waals surface area (Å²) in [6, 6.07) is 9.83. The molecule has 20 heavy (non-hydrogen) atoms. The van der Waals surface area contributed by atoms with Crippen LogP contribution in [0.3, 0.4) is 0 Å². The van der Waals surface area contributed by atoms with E-state index in [1.807, 2.05) is 13.0 Å². The van der Waals surface area contributed by atoms with Crippen molar-refractivity contribution in [3.63, 3.8) is 0 Å². The van der Waals surface area contributed by atoms with Crippen LogP contribution in [0.4, 0.5) is 5.69 Å². The Morgan fingerprint density at radius 3 is 2.85 bits per heavy atom. The zero-order valence-corrected chi connectivity index (χ0v) is 10.7. The number of nitrogens with one attached hydrogen (secondary N) is 3. The molecule has 2 aromatic heterocycles. The average Bonchev–Trinajstić information content (AvgIpc) is 2.78. The van der Waals surface area contributed by atoms with Crippen LogP contribution in [0.25, 0.3) is 11.0 Å². The molecule has 0 aliphatic carbocycles. The summed E-state index contributed by atoms with van der Waals surface area (Å²) in [5.74, 6) is 0.453. The molecule has 1 aromatic carbocycles. The second kappa shape index (κ2) is 4.65. The number of hydrogen-bond donors (Lipinski definition) is 3. The number of imidazole rings is 1. The number of nitrogens with zero attached hydrogens (tertiary/aromatic N) is 1. The molecule has 0 atom stereocenters. The molecule has 0 spiro atoms. The molecule has 0 saturated carbocycles. The number of carbonyl (C=O) groups is 1. The highest BCUT2D eigenvalue weighted by Gasteiger charge is 2.08. The quantitative estimate of drug-likeness (QED) is 0.662. The Kier molecular flexibility index (Phi) is 2.83. The van der Waals surface area contributed by atoms with Gasteiger partial charge in [0, 0.05) is 11.8 Å². The zero-order chi connectivity index (χ0) is 14.1. The van der Waals surface area contributed by atoms with Gasteiger partial charge in [0.15, 0.2) is 0 Å². The van der Waals surface area contributed by atoms with Crippen LogP contribution in [0.1, 0.15) is 16.3 Å². The van der Waals surface area contributed by atoms with Crippen molar-refractivity contribution >= 4 is 22.6 Å². The number of aromatic nitrogens is 3. The Bertz CT molecular complexity index is 848. The van der Waals surface area contributed by atoms with E-state index in [0.717, 1.165) is 16.9 Å². The number of aromatic amines is 2. The van der Waals surface area contributed by atoms with E-state index >= 15 is 0 Å². The summed E-state index contributed by atoms with van der Waals surface area (Å²) in [6.07, 6.45) is 0. The van der Waals surface area contributed by atoms with Crippen LogP contribution in [-0.4, -0.2) is 20.9 Å². The van der Waals surface area contributed by atoms with Gasteiger partial charge in [0.1, 0.15) is 11.5 Å². The molecule has 0 aliphatic heterocycles. The summed E-state index contributed by atoms with van der Waals surface area (Å²) in [5.41, 5.74) is 2.24. The van der Waals surface area contributed by atoms with Crippen molar-refractivity contribution in [2.75, 3.05) is 5.32 Å². The van der Waals surface area contributed by atoms with Gasteiger partial charge in [-0.1, -0.05) is 6.07 Å². The second-order valence-electron chi connectivity index (χ2n) is 4.44. The van der Waals surface area contributed by atoms with Crippen LogP contribution in [0.5, 0.6) is 0 Å². The van der Waals surface area contributed by atoms with Crippen molar-refractivity contribution < 1.29 is 4.79 Å². The lowest BCUT2D eigenvalue weighted by Crippen LogP contribution is -2.17. The lowest BCUT2D eigenvalue weighted by Gasteiger charge is -2.04. The first-order chi connectivity index (χ1) is 9.61. The lowest BCUT2D eigenvalue weighted by atomic mass is 10.2. The zero-order valence-electron chi connectivity index (χ0n) is 10.7. The molecule has 0 saturated heterocycles. The number of pyridine rings is 1. The van der Waals surface area contributed by atoms with Gasteiger partial charge in [-0.2, -0.15) is 0 Å². The number of amides is 1. The highest BCUT2D eigenvalue weighted by Crippen LogP contribution is 2.17. The number of benzene rings is 1. The van der Waals surface area contributed by atoms with Crippen LogP contribution < -0.4 is 10.9 Å². The maximum Gasteiger partial charge on any atom is 0.272 e. The van der Waals surface area contributed by atoms with Crippen molar-refractivity contribution in [3.8, 4) is 0 Å². The summed E-state index contributed by atoms with van der Waals surface area (Å²) in [4.78, 5) is 33.0. The predicted octanol–water partition coefficient (Wildman–Crippen LogP) is 1.81. The van der Waals surface area contributed by atoms with Gasteiger partial charge in [0.2, 0.25) is 5.56 Å². The van der Waals surface area contributed by atoms with Crippen molar-refractivity contribution in [1.29, 1.82) is 0 Å². The van der Waals surface area contributed by atoms with Gasteiger partial charge in [0.05, 0.1) is 11.0 Å². The fraction of sp³-hybridized carbons (Fsp3) is 0.0714. The van der Waals surface area contributed by atoms with Gasteiger partial charge in [-0.15, -0.1) is 0 Å². The van der Waals surface area contributed by atoms with E-state index in [2.05, 4.69) is 20.3 Å². The number of aryl methyl sites for hydroxylation is 1. The molecule has 3 N–H and O–H groups in total. The molecular weight excluding hydrogens is 256 g/mol. The Balaban J connectivity index is 1.88. The van der Waals surface area contributed by atoms with Crippen molar-refractivity contribution in [1.82, 2.24) is 15.0 Å². The van der Waals surface area contributed by atoms with Crippen LogP contribution >= 0.6 is 0 Å². The van der Waals surface area contributed by atoms with E-state index in [4.69, 9.17) is 0 Å². The van der Waals surface area contributed by atoms with Gasteiger partial charge in [-0.05, 0) is 31.2 Å². The third kappa shape index (κ3) is 2.31. The minimum absolute atomic E-state index is 0.221. The molecule has 0 fully saturated rings.